The second-order valence-electron chi connectivity index (χ2n) is 7.71. The minimum Gasteiger partial charge on any atom is -0.463 e. The summed E-state index contributed by atoms with van der Waals surface area (Å²) in [5, 5.41) is 0. The van der Waals surface area contributed by atoms with Crippen molar-refractivity contribution in [2.75, 3.05) is 13.6 Å². The average molecular weight is 391 g/mol. The van der Waals surface area contributed by atoms with Crippen molar-refractivity contribution in [1.29, 1.82) is 0 Å². The second kappa shape index (κ2) is 6.82. The molecule has 0 bridgehead atoms. The van der Waals surface area contributed by atoms with Crippen molar-refractivity contribution in [2.45, 2.75) is 45.1 Å². The Kier molecular flexibility index (Phi) is 4.61. The first-order valence-corrected chi connectivity index (χ1v) is 10.9. The monoisotopic (exact) mass is 391 g/mol. The SMILES string of the molecule is C[C@H]1CCN(C(=O)C2=CC(c3ccco3)=NS(=O)(=O)N2C)[C@H]2CCCC[C@H]12. The molecule has 0 unspecified atom stereocenters. The first-order valence-electron chi connectivity index (χ1n) is 9.54. The molecule has 3 heterocycles. The van der Waals surface area contributed by atoms with Crippen molar-refractivity contribution in [3.05, 3.63) is 35.9 Å². The number of likely N-dealkylation sites (tertiary alicyclic amines) is 1. The van der Waals surface area contributed by atoms with Gasteiger partial charge in [0.2, 0.25) is 0 Å². The maximum absolute atomic E-state index is 13.4. The molecule has 1 aromatic heterocycles. The smallest absolute Gasteiger partial charge is 0.345 e. The molecule has 146 valence electrons. The second-order valence-corrected chi connectivity index (χ2v) is 9.33. The normalized spacial score (nSPS) is 30.4. The molecule has 27 heavy (non-hydrogen) atoms. The molecule has 1 aliphatic carbocycles. The molecule has 3 atom stereocenters. The Balaban J connectivity index is 1.68. The fourth-order valence-electron chi connectivity index (χ4n) is 4.61. The average Bonchev–Trinajstić information content (AvgIpc) is 3.19. The summed E-state index contributed by atoms with van der Waals surface area (Å²) in [5.41, 5.74) is 0.294. The van der Waals surface area contributed by atoms with Gasteiger partial charge in [-0.1, -0.05) is 19.8 Å². The predicted molar refractivity (Wildman–Crippen MR) is 101 cm³/mol. The summed E-state index contributed by atoms with van der Waals surface area (Å²) in [7, 11) is -2.58. The highest BCUT2D eigenvalue weighted by Gasteiger charge is 2.42. The van der Waals surface area contributed by atoms with Gasteiger partial charge in [-0.05, 0) is 49.3 Å². The van der Waals surface area contributed by atoms with E-state index in [9.17, 15) is 13.2 Å². The molecule has 0 aromatic carbocycles. The highest BCUT2D eigenvalue weighted by molar-refractivity contribution is 7.88. The van der Waals surface area contributed by atoms with E-state index in [1.54, 1.807) is 12.1 Å². The quantitative estimate of drug-likeness (QED) is 0.776. The van der Waals surface area contributed by atoms with Crippen LogP contribution in [0.15, 0.2) is 39.0 Å². The van der Waals surface area contributed by atoms with Gasteiger partial charge < -0.3 is 9.32 Å². The van der Waals surface area contributed by atoms with Crippen LogP contribution in [0.2, 0.25) is 0 Å². The molecule has 0 spiro atoms. The zero-order chi connectivity index (χ0) is 19.2. The lowest BCUT2D eigenvalue weighted by Crippen LogP contribution is -2.54. The van der Waals surface area contributed by atoms with Crippen molar-refractivity contribution in [1.82, 2.24) is 9.21 Å². The van der Waals surface area contributed by atoms with Crippen molar-refractivity contribution in [3.63, 3.8) is 0 Å². The number of nitrogens with zero attached hydrogens (tertiary/aromatic N) is 3. The molecule has 8 heteroatoms. The summed E-state index contributed by atoms with van der Waals surface area (Å²) in [6.07, 6.45) is 8.39. The molecular weight excluding hydrogens is 366 g/mol. The van der Waals surface area contributed by atoms with E-state index in [1.807, 2.05) is 4.90 Å². The lowest BCUT2D eigenvalue weighted by molar-refractivity contribution is -0.135. The van der Waals surface area contributed by atoms with Gasteiger partial charge in [-0.2, -0.15) is 8.42 Å². The van der Waals surface area contributed by atoms with Gasteiger partial charge in [-0.3, -0.25) is 4.79 Å². The Bertz CT molecular complexity index is 888. The standard InChI is InChI=1S/C19H25N3O4S/c1-13-9-10-22(16-7-4-3-6-14(13)16)19(23)17-12-15(18-8-5-11-26-18)20-27(24,25)21(17)2/h5,8,11-14,16H,3-4,6-7,9-10H2,1-2H3/t13-,14+,16-/m0/s1. The number of piperidine rings is 1. The number of likely N-dealkylation sites (N-methyl/N-ethyl adjacent to an activating group) is 1. The maximum Gasteiger partial charge on any atom is 0.345 e. The van der Waals surface area contributed by atoms with Crippen LogP contribution in [0.1, 0.15) is 44.8 Å². The molecule has 1 amide bonds. The van der Waals surface area contributed by atoms with Crippen molar-refractivity contribution < 1.29 is 17.6 Å². The van der Waals surface area contributed by atoms with E-state index in [0.29, 0.717) is 24.1 Å². The van der Waals surface area contributed by atoms with Crippen LogP contribution < -0.4 is 0 Å². The van der Waals surface area contributed by atoms with Gasteiger partial charge in [0.05, 0.1) is 6.26 Å². The van der Waals surface area contributed by atoms with E-state index in [0.717, 1.165) is 30.0 Å². The summed E-state index contributed by atoms with van der Waals surface area (Å²) >= 11 is 0. The summed E-state index contributed by atoms with van der Waals surface area (Å²) in [5.74, 6) is 1.20. The zero-order valence-electron chi connectivity index (χ0n) is 15.7. The van der Waals surface area contributed by atoms with Crippen molar-refractivity contribution in [3.8, 4) is 0 Å². The van der Waals surface area contributed by atoms with Crippen LogP contribution >= 0.6 is 0 Å². The number of fused-ring (bicyclic) bond motifs is 1. The van der Waals surface area contributed by atoms with Gasteiger partial charge in [0.25, 0.3) is 5.91 Å². The van der Waals surface area contributed by atoms with Crippen LogP contribution in [0.5, 0.6) is 0 Å². The number of hydrogen-bond donors (Lipinski definition) is 0. The summed E-state index contributed by atoms with van der Waals surface area (Å²) in [6.45, 7) is 2.93. The number of furan rings is 1. The number of hydrogen-bond acceptors (Lipinski definition) is 4. The van der Waals surface area contributed by atoms with Gasteiger partial charge in [0.1, 0.15) is 11.4 Å². The third-order valence-electron chi connectivity index (χ3n) is 6.16. The summed E-state index contributed by atoms with van der Waals surface area (Å²) < 4.78 is 35.1. The van der Waals surface area contributed by atoms with E-state index in [-0.39, 0.29) is 23.4 Å². The summed E-state index contributed by atoms with van der Waals surface area (Å²) in [4.78, 5) is 15.3. The Hall–Kier alpha value is -2.09. The molecule has 0 radical (unpaired) electrons. The fourth-order valence-corrected chi connectivity index (χ4v) is 5.50. The molecule has 7 nitrogen and oxygen atoms in total. The molecule has 1 aromatic rings. The van der Waals surface area contributed by atoms with Crippen LogP contribution in [0, 0.1) is 11.8 Å². The molecule has 4 rings (SSSR count). The van der Waals surface area contributed by atoms with Crippen LogP contribution in [-0.2, 0) is 15.0 Å². The third-order valence-corrected chi connectivity index (χ3v) is 7.48. The molecule has 2 fully saturated rings. The minimum absolute atomic E-state index is 0.135. The van der Waals surface area contributed by atoms with E-state index in [1.165, 1.54) is 25.8 Å². The number of allylic oxidation sites excluding steroid dienone is 1. The predicted octanol–water partition coefficient (Wildman–Crippen LogP) is 2.57. The van der Waals surface area contributed by atoms with Crippen molar-refractivity contribution in [2.24, 2.45) is 16.2 Å². The van der Waals surface area contributed by atoms with E-state index in [2.05, 4.69) is 11.3 Å². The van der Waals surface area contributed by atoms with Gasteiger partial charge in [-0.15, -0.1) is 4.40 Å². The molecule has 1 saturated carbocycles. The largest absolute Gasteiger partial charge is 0.463 e. The molecule has 1 saturated heterocycles. The Morgan fingerprint density at radius 1 is 1.26 bits per heavy atom. The minimum atomic E-state index is -3.96. The molecular formula is C19H25N3O4S. The first kappa shape index (κ1) is 18.3. The fraction of sp³-hybridized carbons (Fsp3) is 0.579. The van der Waals surface area contributed by atoms with E-state index in [4.69, 9.17) is 4.42 Å². The lowest BCUT2D eigenvalue weighted by Gasteiger charge is -2.47. The van der Waals surface area contributed by atoms with Gasteiger partial charge in [0, 0.05) is 19.6 Å². The molecule has 3 aliphatic rings. The molecule has 2 aliphatic heterocycles. The van der Waals surface area contributed by atoms with Crippen LogP contribution in [-0.4, -0.2) is 48.9 Å². The first-order chi connectivity index (χ1) is 12.9. The third kappa shape index (κ3) is 3.20. The number of carbonyl (C=O) groups excluding carboxylic acids is 1. The van der Waals surface area contributed by atoms with Gasteiger partial charge in [0.15, 0.2) is 5.76 Å². The van der Waals surface area contributed by atoms with E-state index >= 15 is 0 Å². The van der Waals surface area contributed by atoms with E-state index < -0.39 is 10.2 Å². The maximum atomic E-state index is 13.4. The van der Waals surface area contributed by atoms with Crippen LogP contribution in [0.4, 0.5) is 0 Å². The highest BCUT2D eigenvalue weighted by atomic mass is 32.2. The van der Waals surface area contributed by atoms with Gasteiger partial charge >= 0.3 is 10.2 Å². The van der Waals surface area contributed by atoms with Crippen LogP contribution in [0.25, 0.3) is 0 Å². The number of amides is 1. The topological polar surface area (TPSA) is 83.2 Å². The Morgan fingerprint density at radius 3 is 2.78 bits per heavy atom. The zero-order valence-corrected chi connectivity index (χ0v) is 16.5. The Morgan fingerprint density at radius 2 is 2.04 bits per heavy atom. The summed E-state index contributed by atoms with van der Waals surface area (Å²) in [6, 6.07) is 3.49. The number of carbonyl (C=O) groups is 1. The Labute approximate surface area is 159 Å². The van der Waals surface area contributed by atoms with Gasteiger partial charge in [-0.25, -0.2) is 4.31 Å². The lowest BCUT2D eigenvalue weighted by atomic mass is 9.72. The number of rotatable bonds is 2. The van der Waals surface area contributed by atoms with Crippen LogP contribution in [0.3, 0.4) is 0 Å². The van der Waals surface area contributed by atoms with Crippen molar-refractivity contribution >= 4 is 21.8 Å². The highest BCUT2D eigenvalue weighted by Crippen LogP contribution is 2.39. The molecule has 0 N–H and O–H groups in total.